The van der Waals surface area contributed by atoms with Crippen molar-refractivity contribution < 1.29 is 47.9 Å². The van der Waals surface area contributed by atoms with E-state index in [1.165, 1.54) is 0 Å². The molecule has 0 aromatic heterocycles. The van der Waals surface area contributed by atoms with Gasteiger partial charge in [-0.25, -0.2) is 0 Å². The monoisotopic (exact) mass is 1080 g/mol. The first kappa shape index (κ1) is 59.7. The molecule has 2 fully saturated rings. The fraction of sp³-hybridized carbons (Fsp3) is 0.446. The van der Waals surface area contributed by atoms with Crippen LogP contribution in [0.2, 0.25) is 0 Å². The molecule has 1 N–H and O–H groups in total. The van der Waals surface area contributed by atoms with E-state index >= 15 is 0 Å². The van der Waals surface area contributed by atoms with E-state index in [2.05, 4.69) is 72.2 Å². The highest BCUT2D eigenvalue weighted by Gasteiger charge is 2.26. The molecule has 0 aliphatic carbocycles. The minimum atomic E-state index is -0.307. The fourth-order valence-corrected chi connectivity index (χ4v) is 10.7. The molecule has 3 atom stereocenters. The van der Waals surface area contributed by atoms with Crippen LogP contribution in [0.15, 0.2) is 120 Å². The highest BCUT2D eigenvalue weighted by atomic mass is 16.5. The van der Waals surface area contributed by atoms with Crippen LogP contribution in [0.1, 0.15) is 96.7 Å². The Morgan fingerprint density at radius 3 is 1.61 bits per heavy atom. The highest BCUT2D eigenvalue weighted by Crippen LogP contribution is 2.40. The number of piperidine rings is 2. The predicted octanol–water partition coefficient (Wildman–Crippen LogP) is 10.9. The van der Waals surface area contributed by atoms with Crippen LogP contribution in [-0.2, 0) is 6.42 Å². The van der Waals surface area contributed by atoms with Crippen molar-refractivity contribution in [2.45, 2.75) is 77.9 Å². The Morgan fingerprint density at radius 2 is 1.10 bits per heavy atom. The van der Waals surface area contributed by atoms with Crippen molar-refractivity contribution in [3.63, 3.8) is 0 Å². The van der Waals surface area contributed by atoms with Gasteiger partial charge in [-0.15, -0.1) is 0 Å². The van der Waals surface area contributed by atoms with Gasteiger partial charge in [-0.3, -0.25) is 14.5 Å². The van der Waals surface area contributed by atoms with E-state index in [1.54, 1.807) is 59.8 Å². The van der Waals surface area contributed by atoms with E-state index < -0.39 is 0 Å². The Balaban J connectivity index is 0.979. The first-order valence-corrected chi connectivity index (χ1v) is 28.0. The molecule has 7 rings (SSSR count). The second-order valence-corrected chi connectivity index (χ2v) is 21.1. The third-order valence-electron chi connectivity index (χ3n) is 14.6. The molecule has 79 heavy (non-hydrogen) atoms. The van der Waals surface area contributed by atoms with Gasteiger partial charge in [0.1, 0.15) is 11.9 Å². The Bertz CT molecular complexity index is 2720. The first-order chi connectivity index (χ1) is 38.4. The molecule has 0 radical (unpaired) electrons. The number of ether oxygens (including phenoxy) is 7. The molecule has 2 unspecified atom stereocenters. The summed E-state index contributed by atoms with van der Waals surface area (Å²) in [5.41, 5.74) is 6.29. The number of methoxy groups -OCH3 is 5. The summed E-state index contributed by atoms with van der Waals surface area (Å²) in [5.74, 6) is 3.36. The zero-order valence-electron chi connectivity index (χ0n) is 47.9. The molecule has 5 aromatic carbocycles. The normalized spacial score (nSPS) is 16.6. The minimum Gasteiger partial charge on any atom is -0.493 e. The largest absolute Gasteiger partial charge is 0.493 e. The summed E-state index contributed by atoms with van der Waals surface area (Å²) >= 11 is 0. The molecule has 2 aliphatic heterocycles. The Labute approximate surface area is 469 Å². The van der Waals surface area contributed by atoms with Gasteiger partial charge in [-0.2, -0.15) is 0 Å². The summed E-state index contributed by atoms with van der Waals surface area (Å²) in [7, 11) is 7.80. The van der Waals surface area contributed by atoms with Crippen LogP contribution in [0, 0.1) is 5.92 Å². The number of hydrogen-bond acceptors (Lipinski definition) is 12. The number of likely N-dealkylation sites (tertiary alicyclic amines) is 2. The number of hydrogen-bond donors (Lipinski definition) is 1. The lowest BCUT2D eigenvalue weighted by atomic mass is 10.00. The van der Waals surface area contributed by atoms with Crippen molar-refractivity contribution in [1.82, 2.24) is 19.6 Å². The Kier molecular flexibility index (Phi) is 22.9. The van der Waals surface area contributed by atoms with Gasteiger partial charge in [0.15, 0.2) is 23.0 Å². The van der Waals surface area contributed by atoms with Crippen LogP contribution in [-0.4, -0.2) is 156 Å². The zero-order chi connectivity index (χ0) is 56.1. The molecule has 14 nitrogen and oxygen atoms in total. The standard InChI is InChI=1S/C65H84N4O10/c1-47(35-50-19-11-9-12-20-50)42-69(34-18-32-67-30-16-24-57(45-67)79-56-22-13-10-14-23-56)65(72)54-40-60(75-6)63(61(41-54)76-7)78-46-49(3)37-52-27-25-51(26-28-52)36-48(2)43-68(33-17-31-66-29-15-21-55(70)44-66)64(71)53-38-58(73-4)62(77-8)59(39-53)74-5/h9-14,19-20,22-23,25-28,35-36,38-41,49,55,57,70H,15-18,21,24,29-34,37,42-46H2,1-8H3/b47-35+,48-36+/t49-,55?,57?/m0/s1. The van der Waals surface area contributed by atoms with Crippen LogP contribution in [0.25, 0.3) is 12.2 Å². The fourth-order valence-electron chi connectivity index (χ4n) is 10.7. The number of β-amino-alcohol motifs (C(OH)–C–C–N with tert-alkyl or cyclic N) is 1. The van der Waals surface area contributed by atoms with Crippen molar-refractivity contribution in [3.05, 3.63) is 148 Å². The molecular weight excluding hydrogens is 997 g/mol. The van der Waals surface area contributed by atoms with Gasteiger partial charge in [0.2, 0.25) is 11.5 Å². The third-order valence-corrected chi connectivity index (χ3v) is 14.6. The van der Waals surface area contributed by atoms with Gasteiger partial charge in [0, 0.05) is 50.4 Å². The number of aliphatic hydroxyl groups is 1. The lowest BCUT2D eigenvalue weighted by molar-refractivity contribution is 0.0646. The second-order valence-electron chi connectivity index (χ2n) is 21.1. The van der Waals surface area contributed by atoms with Crippen LogP contribution < -0.4 is 33.2 Å². The lowest BCUT2D eigenvalue weighted by Crippen LogP contribution is -2.42. The molecule has 2 amide bonds. The van der Waals surface area contributed by atoms with Crippen LogP contribution >= 0.6 is 0 Å². The molecule has 0 spiro atoms. The molecular formula is C65H84N4O10. The number of amides is 2. The lowest BCUT2D eigenvalue weighted by Gasteiger charge is -2.33. The number of aliphatic hydroxyl groups excluding tert-OH is 1. The minimum absolute atomic E-state index is 0.110. The SMILES string of the molecule is COc1cc(C(=O)N(CCCN2CCCC(O)C2)C/C(C)=C/c2ccc(C[C@H](C)COc3c(OC)cc(C(=O)N(CCCN4CCCC(Oc5ccccc5)C4)C/C(C)=C/c4ccccc4)cc3OC)cc2)cc(OC)c1OC. The van der Waals surface area contributed by atoms with Gasteiger partial charge in [0.25, 0.3) is 11.8 Å². The maximum absolute atomic E-state index is 14.6. The van der Waals surface area contributed by atoms with Gasteiger partial charge in [-0.1, -0.05) is 103 Å². The van der Waals surface area contributed by atoms with Crippen molar-refractivity contribution in [2.24, 2.45) is 5.92 Å². The average molecular weight is 1080 g/mol. The first-order valence-electron chi connectivity index (χ1n) is 28.0. The molecule has 424 valence electrons. The van der Waals surface area contributed by atoms with E-state index in [0.717, 1.165) is 111 Å². The molecule has 5 aromatic rings. The highest BCUT2D eigenvalue weighted by molar-refractivity contribution is 5.96. The van der Waals surface area contributed by atoms with Crippen LogP contribution in [0.5, 0.6) is 40.2 Å². The maximum atomic E-state index is 14.6. The number of carbonyl (C=O) groups is 2. The maximum Gasteiger partial charge on any atom is 0.254 e. The molecule has 14 heteroatoms. The number of benzene rings is 5. The van der Waals surface area contributed by atoms with E-state index in [9.17, 15) is 14.7 Å². The topological polar surface area (TPSA) is 132 Å². The van der Waals surface area contributed by atoms with Gasteiger partial charge >= 0.3 is 0 Å². The summed E-state index contributed by atoms with van der Waals surface area (Å²) < 4.78 is 41.3. The van der Waals surface area contributed by atoms with Gasteiger partial charge in [0.05, 0.1) is 48.3 Å². The van der Waals surface area contributed by atoms with Gasteiger partial charge < -0.3 is 53.0 Å². The quantitative estimate of drug-likeness (QED) is 0.0511. The van der Waals surface area contributed by atoms with E-state index in [0.29, 0.717) is 85.0 Å². The van der Waals surface area contributed by atoms with Crippen molar-refractivity contribution in [3.8, 4) is 40.2 Å². The van der Waals surface area contributed by atoms with Gasteiger partial charge in [-0.05, 0) is 144 Å². The molecule has 0 bridgehead atoms. The number of nitrogens with zero attached hydrogens (tertiary/aromatic N) is 4. The van der Waals surface area contributed by atoms with E-state index in [-0.39, 0.29) is 29.9 Å². The van der Waals surface area contributed by atoms with Crippen molar-refractivity contribution in [1.29, 1.82) is 0 Å². The van der Waals surface area contributed by atoms with Crippen LogP contribution in [0.3, 0.4) is 0 Å². The van der Waals surface area contributed by atoms with E-state index in [4.69, 9.17) is 33.2 Å². The predicted molar refractivity (Wildman–Crippen MR) is 313 cm³/mol. The summed E-state index contributed by atoms with van der Waals surface area (Å²) in [4.78, 5) is 37.4. The molecule has 2 saturated heterocycles. The smallest absolute Gasteiger partial charge is 0.254 e. The molecule has 2 heterocycles. The zero-order valence-corrected chi connectivity index (χ0v) is 47.9. The van der Waals surface area contributed by atoms with Crippen molar-refractivity contribution in [2.75, 3.05) is 108 Å². The molecule has 0 saturated carbocycles. The Hall–Kier alpha value is -7.00. The third kappa shape index (κ3) is 17.8. The Morgan fingerprint density at radius 1 is 0.620 bits per heavy atom. The van der Waals surface area contributed by atoms with Crippen molar-refractivity contribution >= 4 is 24.0 Å². The summed E-state index contributed by atoms with van der Waals surface area (Å²) in [6.07, 6.45) is 10.3. The summed E-state index contributed by atoms with van der Waals surface area (Å²) in [5, 5.41) is 10.3. The number of para-hydroxylation sites is 1. The summed E-state index contributed by atoms with van der Waals surface area (Å²) in [6.45, 7) is 13.8. The van der Waals surface area contributed by atoms with E-state index in [1.807, 2.05) is 65.3 Å². The number of rotatable bonds is 28. The molecule has 2 aliphatic rings. The average Bonchev–Trinajstić information content (AvgIpc) is 3.50. The number of carbonyl (C=O) groups excluding carboxylic acids is 2. The van der Waals surface area contributed by atoms with Crippen LogP contribution in [0.4, 0.5) is 0 Å². The summed E-state index contributed by atoms with van der Waals surface area (Å²) in [6, 6.07) is 35.6. The second kappa shape index (κ2) is 30.4.